The number of phenolic OH excluding ortho intramolecular Hbond substituents is 4. The summed E-state index contributed by atoms with van der Waals surface area (Å²) in [4.78, 5) is 49.3. The minimum absolute atomic E-state index is 0.00125. The van der Waals surface area contributed by atoms with Gasteiger partial charge in [0.1, 0.15) is 66.4 Å². The second-order valence-corrected chi connectivity index (χ2v) is 25.8. The highest BCUT2D eigenvalue weighted by Crippen LogP contribution is 2.62. The number of fused-ring (bicyclic) bond motifs is 16. The van der Waals surface area contributed by atoms with E-state index in [1.807, 2.05) is 34.6 Å². The monoisotopic (exact) mass is 1300 g/mol. The molecule has 2 fully saturated rings. The van der Waals surface area contributed by atoms with Crippen molar-refractivity contribution in [1.29, 1.82) is 0 Å². The van der Waals surface area contributed by atoms with Gasteiger partial charge in [-0.05, 0) is 152 Å². The third-order valence-electron chi connectivity index (χ3n) is 17.5. The standard InChI is InChI=1S/C23H22NO9P.C14H12NO9P.C14H13NO7.C9H12O/c1-9-4-12(5-10(2)11(9)3)31-34(28)32-20-15(25)6-14-13-7-16-21(30-8-29-16)19(26)17(13)23(27)24-18(14)22(20)33-34;16-6-1-5-4-2-7-12(22-3-21-7)10(17)8(4)14(18)15-9(5)13-11(6)23-25(19,20)24-13;16-6-1-5-4-2-7-13(22-3-21-7)11(18)8(4)14(20)15-9(5)12(19)10(6)17;1-6-4-9(10)5-7(2)8(6)3/h4-7,15,18,20,22,25-26H,8H2,1-3H3,(H,24,27);1-2,6,9,11,13,16-17H,3H2,(H,15,18)(H,19,20);1-2,6,9-10,12,16-19H,3H2,(H,15,20);4-5,10H,1-3H3/p-1/t15-,18+,20+,22-,34?;6-,9+,11+,13-;6-,9+,10+,12-;/m000./s1. The number of phosphoric ester groups is 2. The Labute approximate surface area is 515 Å². The lowest BCUT2D eigenvalue weighted by Gasteiger charge is -2.39. The van der Waals surface area contributed by atoms with Gasteiger partial charge in [0.05, 0.1) is 34.8 Å². The van der Waals surface area contributed by atoms with Crippen molar-refractivity contribution < 1.29 is 125 Å². The molecule has 11 aliphatic rings. The van der Waals surface area contributed by atoms with Crippen LogP contribution >= 0.6 is 15.6 Å². The number of nitrogens with one attached hydrogen (secondary N) is 3. The molecule has 91 heavy (non-hydrogen) atoms. The van der Waals surface area contributed by atoms with Gasteiger partial charge < -0.3 is 109 Å². The molecular formula is C60H58N3O26P2-. The molecule has 0 spiro atoms. The van der Waals surface area contributed by atoms with E-state index in [0.717, 1.165) is 27.8 Å². The summed E-state index contributed by atoms with van der Waals surface area (Å²) >= 11 is 0. The Morgan fingerprint density at radius 1 is 0.462 bits per heavy atom. The van der Waals surface area contributed by atoms with E-state index in [1.165, 1.54) is 35.9 Å². The van der Waals surface area contributed by atoms with Gasteiger partial charge in [-0.15, -0.1) is 0 Å². The van der Waals surface area contributed by atoms with E-state index in [9.17, 15) is 69.3 Å². The smallest absolute Gasteiger partial charge is 0.530 e. The average Bonchev–Trinajstić information content (AvgIpc) is 1.66. The first-order valence-corrected chi connectivity index (χ1v) is 31.2. The van der Waals surface area contributed by atoms with Crippen molar-refractivity contribution in [2.45, 2.75) is 115 Å². The van der Waals surface area contributed by atoms with E-state index in [-0.39, 0.29) is 88.8 Å². The number of aryl methyl sites for hydroxylation is 4. The van der Waals surface area contributed by atoms with E-state index >= 15 is 0 Å². The first-order valence-electron chi connectivity index (χ1n) is 28.3. The number of carbonyl (C=O) groups excluding carboxylic acids is 3. The van der Waals surface area contributed by atoms with Crippen molar-refractivity contribution in [2.75, 3.05) is 20.4 Å². The molecule has 12 N–H and O–H groups in total. The first-order chi connectivity index (χ1) is 43.1. The second kappa shape index (κ2) is 22.5. The molecule has 0 saturated carbocycles. The zero-order valence-electron chi connectivity index (χ0n) is 48.7. The third kappa shape index (κ3) is 10.4. The quantitative estimate of drug-likeness (QED) is 0.113. The minimum atomic E-state index is -4.56. The fourth-order valence-corrected chi connectivity index (χ4v) is 15.3. The van der Waals surface area contributed by atoms with Gasteiger partial charge >= 0.3 is 7.82 Å². The van der Waals surface area contributed by atoms with Crippen molar-refractivity contribution >= 4 is 50.1 Å². The summed E-state index contributed by atoms with van der Waals surface area (Å²) in [7, 11) is -8.68. The highest BCUT2D eigenvalue weighted by Gasteiger charge is 2.58. The molecule has 3 aliphatic carbocycles. The van der Waals surface area contributed by atoms with Gasteiger partial charge in [-0.2, -0.15) is 0 Å². The zero-order chi connectivity index (χ0) is 64.8. The molecule has 3 amide bonds. The summed E-state index contributed by atoms with van der Waals surface area (Å²) < 4.78 is 83.2. The molecule has 2 saturated heterocycles. The second-order valence-electron chi connectivity index (χ2n) is 23.0. The van der Waals surface area contributed by atoms with E-state index < -0.39 is 106 Å². The van der Waals surface area contributed by atoms with Gasteiger partial charge in [-0.3, -0.25) is 28.0 Å². The van der Waals surface area contributed by atoms with Crippen molar-refractivity contribution in [3.8, 4) is 63.2 Å². The number of aromatic hydroxyl groups is 4. The van der Waals surface area contributed by atoms with E-state index in [0.29, 0.717) is 44.9 Å². The Kier molecular flexibility index (Phi) is 15.2. The van der Waals surface area contributed by atoms with Crippen LogP contribution in [0.3, 0.4) is 0 Å². The number of phosphoric acid groups is 2. The number of carbonyl (C=O) groups is 3. The van der Waals surface area contributed by atoms with Gasteiger partial charge in [0, 0.05) is 16.7 Å². The van der Waals surface area contributed by atoms with Crippen LogP contribution in [-0.2, 0) is 27.2 Å². The van der Waals surface area contributed by atoms with Crippen LogP contribution in [0.4, 0.5) is 0 Å². The van der Waals surface area contributed by atoms with Crippen LogP contribution in [-0.4, -0.2) is 157 Å². The topological polar surface area (TPSA) is 428 Å². The maximum Gasteiger partial charge on any atom is 0.530 e. The number of rotatable bonds is 2. The number of hydrogen-bond donors (Lipinski definition) is 12. The maximum absolute atomic E-state index is 13.4. The number of hydrogen-bond acceptors (Lipinski definition) is 26. The molecular weight excluding hydrogens is 1240 g/mol. The number of aliphatic hydroxyl groups is 5. The van der Waals surface area contributed by atoms with Crippen LogP contribution in [0.1, 0.15) is 81.1 Å². The summed E-state index contributed by atoms with van der Waals surface area (Å²) in [6.45, 7) is 11.6. The van der Waals surface area contributed by atoms with Crippen LogP contribution in [0.15, 0.2) is 60.7 Å². The third-order valence-corrected chi connectivity index (χ3v) is 19.9. The average molecular weight is 1300 g/mol. The maximum atomic E-state index is 13.4. The predicted molar refractivity (Wildman–Crippen MR) is 309 cm³/mol. The predicted octanol–water partition coefficient (Wildman–Crippen LogP) is 3.16. The summed E-state index contributed by atoms with van der Waals surface area (Å²) in [6, 6.07) is 9.10. The summed E-state index contributed by atoms with van der Waals surface area (Å²) in [6.07, 6.45) is -6.58. The molecule has 5 aromatic rings. The minimum Gasteiger partial charge on any atom is -0.756 e. The summed E-state index contributed by atoms with van der Waals surface area (Å²) in [5, 5.41) is 98.9. The van der Waals surface area contributed by atoms with Crippen LogP contribution in [0.25, 0.3) is 16.7 Å². The lowest BCUT2D eigenvalue weighted by molar-refractivity contribution is -0.216. The SMILES string of the molecule is Cc1cc(O)cc(C)c1C.Cc1cc(OP2(=O)O[C@@H]3[C@H](O2)[C@@H](O)C=C2c4cc5c(c(O)c4C(=O)N[C@H]23)OCO5)cc(C)c1C.O=C1N[C@@H]2C(=C[C@H](O)[C@@H](O)[C@H]2O)c2cc3c(c(O)c21)OCO3.O=C1N[C@@H]2C(=C[C@H](O)[C@H]3OP(=O)([O-])O[C@H]32)c2cc3c(c(O)c21)OCO3. The highest BCUT2D eigenvalue weighted by molar-refractivity contribution is 7.49. The molecule has 5 aromatic carbocycles. The van der Waals surface area contributed by atoms with Crippen molar-refractivity contribution in [1.82, 2.24) is 16.0 Å². The first kappa shape index (κ1) is 61.4. The van der Waals surface area contributed by atoms with E-state index in [4.69, 9.17) is 56.1 Å². The normalized spacial score (nSPS) is 30.6. The molecule has 31 heteroatoms. The summed E-state index contributed by atoms with van der Waals surface area (Å²) in [5.41, 5.74) is 8.82. The number of phenols is 4. The van der Waals surface area contributed by atoms with Gasteiger partial charge in [0.15, 0.2) is 34.5 Å². The number of ether oxygens (including phenoxy) is 6. The van der Waals surface area contributed by atoms with Gasteiger partial charge in [-0.1, -0.05) is 0 Å². The number of amides is 3. The van der Waals surface area contributed by atoms with E-state index in [1.54, 1.807) is 30.3 Å². The Bertz CT molecular complexity index is 4140. The highest BCUT2D eigenvalue weighted by atomic mass is 31.2. The Hall–Kier alpha value is -8.41. The molecule has 16 rings (SSSR count). The van der Waals surface area contributed by atoms with Crippen molar-refractivity contribution in [3.63, 3.8) is 0 Å². The van der Waals surface area contributed by atoms with Crippen LogP contribution in [0.5, 0.6) is 63.2 Å². The summed E-state index contributed by atoms with van der Waals surface area (Å²) in [5.74, 6) is -1.14. The number of aliphatic hydroxyl groups excluding tert-OH is 5. The van der Waals surface area contributed by atoms with Crippen LogP contribution in [0, 0.1) is 41.5 Å². The Balaban J connectivity index is 0.000000118. The molecule has 14 atom stereocenters. The molecule has 0 aromatic heterocycles. The van der Waals surface area contributed by atoms with Crippen LogP contribution < -0.4 is 53.8 Å². The largest absolute Gasteiger partial charge is 0.756 e. The molecule has 8 heterocycles. The van der Waals surface area contributed by atoms with Crippen LogP contribution in [0.2, 0.25) is 0 Å². The van der Waals surface area contributed by atoms with Gasteiger partial charge in [0.25, 0.3) is 25.5 Å². The Morgan fingerprint density at radius 3 is 1.25 bits per heavy atom. The van der Waals surface area contributed by atoms with Gasteiger partial charge in [-0.25, -0.2) is 4.57 Å². The Morgan fingerprint density at radius 2 is 0.813 bits per heavy atom. The fraction of sp³-hybridized carbons (Fsp3) is 0.350. The molecule has 2 unspecified atom stereocenters. The molecule has 0 bridgehead atoms. The molecule has 480 valence electrons. The zero-order valence-corrected chi connectivity index (χ0v) is 50.5. The number of benzene rings is 5. The molecule has 0 radical (unpaired) electrons. The fourth-order valence-electron chi connectivity index (χ4n) is 12.6. The van der Waals surface area contributed by atoms with E-state index in [2.05, 4.69) is 22.9 Å². The van der Waals surface area contributed by atoms with Crippen molar-refractivity contribution in [2.24, 2.45) is 0 Å². The van der Waals surface area contributed by atoms with Crippen molar-refractivity contribution in [3.05, 3.63) is 127 Å². The van der Waals surface area contributed by atoms with Gasteiger partial charge in [0.2, 0.25) is 37.6 Å². The lowest BCUT2D eigenvalue weighted by atomic mass is 9.79. The molecule has 8 aliphatic heterocycles. The molecule has 29 nitrogen and oxygen atoms in total. The lowest BCUT2D eigenvalue weighted by Crippen LogP contribution is -2.57.